The van der Waals surface area contributed by atoms with Crippen molar-refractivity contribution in [3.63, 3.8) is 0 Å². The number of carbonyl (C=O) groups excluding carboxylic acids is 1. The largest absolute Gasteiger partial charge is 0.496 e. The monoisotopic (exact) mass is 435 g/mol. The van der Waals surface area contributed by atoms with Crippen LogP contribution in [0.4, 0.5) is 10.1 Å². The number of methoxy groups -OCH3 is 1. The van der Waals surface area contributed by atoms with Crippen molar-refractivity contribution in [3.8, 4) is 16.9 Å². The lowest BCUT2D eigenvalue weighted by Gasteiger charge is -2.10. The van der Waals surface area contributed by atoms with Gasteiger partial charge >= 0.3 is 0 Å². The van der Waals surface area contributed by atoms with E-state index in [1.165, 1.54) is 18.2 Å². The zero-order valence-electron chi connectivity index (χ0n) is 16.9. The molecule has 6 heteroatoms. The Labute approximate surface area is 183 Å². The molecule has 0 unspecified atom stereocenters. The number of ether oxygens (including phenoxy) is 1. The second-order valence-corrected chi connectivity index (χ2v) is 7.44. The molecule has 1 amide bonds. The van der Waals surface area contributed by atoms with Gasteiger partial charge in [0, 0.05) is 33.7 Å². The number of amides is 1. The van der Waals surface area contributed by atoms with E-state index in [-0.39, 0.29) is 10.7 Å². The summed E-state index contributed by atoms with van der Waals surface area (Å²) in [7, 11) is 1.56. The lowest BCUT2D eigenvalue weighted by Crippen LogP contribution is -2.10. The van der Waals surface area contributed by atoms with E-state index in [0.29, 0.717) is 16.9 Å². The molecule has 1 N–H and O–H groups in total. The van der Waals surface area contributed by atoms with Crippen LogP contribution in [-0.4, -0.2) is 13.0 Å². The third-order valence-electron chi connectivity index (χ3n) is 4.94. The van der Waals surface area contributed by atoms with E-state index in [2.05, 4.69) is 5.32 Å². The number of hydrogen-bond acceptors (Lipinski definition) is 3. The first kappa shape index (κ1) is 20.7. The minimum atomic E-state index is -0.600. The molecule has 4 aromatic rings. The Bertz CT molecular complexity index is 1300. The summed E-state index contributed by atoms with van der Waals surface area (Å²) in [5.74, 6) is -0.492. The number of hydrogen-bond donors (Lipinski definition) is 1. The van der Waals surface area contributed by atoms with Crippen molar-refractivity contribution in [2.45, 2.75) is 6.92 Å². The highest BCUT2D eigenvalue weighted by Crippen LogP contribution is 2.37. The standard InChI is InChI=1S/C25H19ClFNO3/c1-15(10-25(29)28-22-9-8-17(26)11-21(22)27)18-12-19-20(16-6-4-3-5-7-16)14-31-24(19)13-23(18)30-2/h3-14H,1-2H3,(H,28,29)/b15-10+. The molecular formula is C25H19ClFNO3. The topological polar surface area (TPSA) is 51.5 Å². The molecule has 0 saturated heterocycles. The number of halogens is 2. The molecule has 0 aliphatic carbocycles. The summed E-state index contributed by atoms with van der Waals surface area (Å²) >= 11 is 5.76. The molecule has 0 bridgehead atoms. The third-order valence-corrected chi connectivity index (χ3v) is 5.18. The van der Waals surface area contributed by atoms with Gasteiger partial charge in [-0.2, -0.15) is 0 Å². The van der Waals surface area contributed by atoms with E-state index in [0.717, 1.165) is 28.1 Å². The third kappa shape index (κ3) is 4.32. The van der Waals surface area contributed by atoms with Gasteiger partial charge in [0.05, 0.1) is 19.1 Å². The number of furan rings is 1. The van der Waals surface area contributed by atoms with E-state index < -0.39 is 11.7 Å². The van der Waals surface area contributed by atoms with E-state index in [1.807, 2.05) is 36.4 Å². The molecule has 0 saturated carbocycles. The molecule has 0 fully saturated rings. The molecule has 31 heavy (non-hydrogen) atoms. The molecule has 1 heterocycles. The maximum absolute atomic E-state index is 14.0. The maximum atomic E-state index is 14.0. The Balaban J connectivity index is 1.70. The zero-order chi connectivity index (χ0) is 22.0. The van der Waals surface area contributed by atoms with Crippen LogP contribution in [-0.2, 0) is 4.79 Å². The predicted octanol–water partition coefficient (Wildman–Crippen LogP) is 6.94. The molecule has 0 aliphatic rings. The number of benzene rings is 3. The van der Waals surface area contributed by atoms with Crippen molar-refractivity contribution in [1.29, 1.82) is 0 Å². The fourth-order valence-electron chi connectivity index (χ4n) is 3.41. The van der Waals surface area contributed by atoms with Crippen LogP contribution in [0.25, 0.3) is 27.7 Å². The van der Waals surface area contributed by atoms with Crippen molar-refractivity contribution >= 4 is 39.7 Å². The van der Waals surface area contributed by atoms with Gasteiger partial charge in [-0.1, -0.05) is 41.9 Å². The normalized spacial score (nSPS) is 11.5. The number of fused-ring (bicyclic) bond motifs is 1. The molecule has 0 radical (unpaired) electrons. The van der Waals surface area contributed by atoms with Crippen molar-refractivity contribution < 1.29 is 18.3 Å². The Morgan fingerprint density at radius 3 is 2.61 bits per heavy atom. The van der Waals surface area contributed by atoms with Gasteiger partial charge in [0.25, 0.3) is 0 Å². The van der Waals surface area contributed by atoms with Crippen molar-refractivity contribution in [2.24, 2.45) is 0 Å². The molecule has 0 aliphatic heterocycles. The highest BCUT2D eigenvalue weighted by Gasteiger charge is 2.15. The Morgan fingerprint density at radius 1 is 1.13 bits per heavy atom. The van der Waals surface area contributed by atoms with Crippen LogP contribution >= 0.6 is 11.6 Å². The van der Waals surface area contributed by atoms with Crippen LogP contribution in [0.15, 0.2) is 77.4 Å². The Kier molecular flexibility index (Phi) is 5.78. The van der Waals surface area contributed by atoms with E-state index in [9.17, 15) is 9.18 Å². The highest BCUT2D eigenvalue weighted by atomic mass is 35.5. The lowest BCUT2D eigenvalue weighted by atomic mass is 9.99. The van der Waals surface area contributed by atoms with Crippen LogP contribution < -0.4 is 10.1 Å². The number of nitrogens with one attached hydrogen (secondary N) is 1. The summed E-state index contributed by atoms with van der Waals surface area (Å²) in [4.78, 5) is 12.5. The fraction of sp³-hybridized carbons (Fsp3) is 0.0800. The van der Waals surface area contributed by atoms with Crippen molar-refractivity contribution in [1.82, 2.24) is 0 Å². The van der Waals surface area contributed by atoms with Gasteiger partial charge in [-0.15, -0.1) is 0 Å². The quantitative estimate of drug-likeness (QED) is 0.345. The van der Waals surface area contributed by atoms with Crippen LogP contribution in [0, 0.1) is 5.82 Å². The summed E-state index contributed by atoms with van der Waals surface area (Å²) in [5, 5.41) is 3.70. The zero-order valence-corrected chi connectivity index (χ0v) is 17.7. The second-order valence-electron chi connectivity index (χ2n) is 7.00. The van der Waals surface area contributed by atoms with Crippen LogP contribution in [0.2, 0.25) is 5.02 Å². The first-order valence-electron chi connectivity index (χ1n) is 9.55. The average molecular weight is 436 g/mol. The predicted molar refractivity (Wildman–Crippen MR) is 122 cm³/mol. The van der Waals surface area contributed by atoms with Gasteiger partial charge in [-0.05, 0) is 42.3 Å². The van der Waals surface area contributed by atoms with Crippen LogP contribution in [0.3, 0.4) is 0 Å². The summed E-state index contributed by atoms with van der Waals surface area (Å²) in [5.41, 5.74) is 4.10. The maximum Gasteiger partial charge on any atom is 0.248 e. The first-order valence-corrected chi connectivity index (χ1v) is 9.93. The average Bonchev–Trinajstić information content (AvgIpc) is 3.18. The van der Waals surface area contributed by atoms with Gasteiger partial charge in [0.2, 0.25) is 5.91 Å². The number of rotatable bonds is 5. The molecule has 1 aromatic heterocycles. The van der Waals surface area contributed by atoms with E-state index in [4.69, 9.17) is 20.8 Å². The van der Waals surface area contributed by atoms with E-state index in [1.54, 1.807) is 26.4 Å². The summed E-state index contributed by atoms with van der Waals surface area (Å²) < 4.78 is 25.2. The summed E-state index contributed by atoms with van der Waals surface area (Å²) in [6.45, 7) is 1.80. The number of anilines is 1. The number of allylic oxidation sites excluding steroid dienone is 1. The van der Waals surface area contributed by atoms with Gasteiger partial charge in [-0.3, -0.25) is 4.79 Å². The fourth-order valence-corrected chi connectivity index (χ4v) is 3.57. The van der Waals surface area contributed by atoms with Crippen LogP contribution in [0.5, 0.6) is 5.75 Å². The van der Waals surface area contributed by atoms with Crippen molar-refractivity contribution in [3.05, 3.63) is 89.4 Å². The number of carbonyl (C=O) groups is 1. The molecule has 3 aromatic carbocycles. The van der Waals surface area contributed by atoms with Crippen molar-refractivity contribution in [2.75, 3.05) is 12.4 Å². The van der Waals surface area contributed by atoms with Gasteiger partial charge in [0.1, 0.15) is 17.1 Å². The van der Waals surface area contributed by atoms with E-state index >= 15 is 0 Å². The molecule has 0 atom stereocenters. The van der Waals surface area contributed by atoms with Gasteiger partial charge in [-0.25, -0.2) is 4.39 Å². The smallest absolute Gasteiger partial charge is 0.248 e. The van der Waals surface area contributed by atoms with Gasteiger partial charge in [0.15, 0.2) is 0 Å². The Hall–Kier alpha value is -3.57. The van der Waals surface area contributed by atoms with Crippen LogP contribution in [0.1, 0.15) is 12.5 Å². The molecule has 0 spiro atoms. The molecular weight excluding hydrogens is 417 g/mol. The molecule has 4 rings (SSSR count). The first-order chi connectivity index (χ1) is 15.0. The second kappa shape index (κ2) is 8.66. The Morgan fingerprint density at radius 2 is 1.90 bits per heavy atom. The van der Waals surface area contributed by atoms with Gasteiger partial charge < -0.3 is 14.5 Å². The highest BCUT2D eigenvalue weighted by molar-refractivity contribution is 6.30. The minimum absolute atomic E-state index is 0.0575. The summed E-state index contributed by atoms with van der Waals surface area (Å²) in [6, 6.07) is 17.7. The summed E-state index contributed by atoms with van der Waals surface area (Å²) in [6.07, 6.45) is 3.11. The molecule has 4 nitrogen and oxygen atoms in total. The SMILES string of the molecule is COc1cc2occ(-c3ccccc3)c2cc1/C(C)=C/C(=O)Nc1ccc(Cl)cc1F. The lowest BCUT2D eigenvalue weighted by molar-refractivity contribution is -0.111. The minimum Gasteiger partial charge on any atom is -0.496 e. The molecule has 156 valence electrons.